The maximum atomic E-state index is 14.2. The van der Waals surface area contributed by atoms with E-state index in [9.17, 15) is 4.39 Å². The van der Waals surface area contributed by atoms with E-state index in [1.807, 2.05) is 23.9 Å². The minimum Gasteiger partial charge on any atom is -0.378 e. The lowest BCUT2D eigenvalue weighted by atomic mass is 9.93. The molecule has 1 aliphatic carbocycles. The van der Waals surface area contributed by atoms with Crippen molar-refractivity contribution in [1.29, 1.82) is 0 Å². The normalized spacial score (nSPS) is 23.6. The van der Waals surface area contributed by atoms with Gasteiger partial charge in [-0.25, -0.2) is 9.37 Å². The fourth-order valence-corrected chi connectivity index (χ4v) is 4.56. The van der Waals surface area contributed by atoms with Gasteiger partial charge in [0.25, 0.3) is 0 Å². The maximum Gasteiger partial charge on any atom is 0.229 e. The molecule has 1 aromatic heterocycles. The summed E-state index contributed by atoms with van der Waals surface area (Å²) < 4.78 is 20.3. The lowest BCUT2D eigenvalue weighted by Crippen LogP contribution is -2.32. The first kappa shape index (κ1) is 18.5. The molecule has 2 atom stereocenters. The van der Waals surface area contributed by atoms with Crippen LogP contribution in [-0.2, 0) is 4.74 Å². The van der Waals surface area contributed by atoms with Crippen LogP contribution in [0.2, 0.25) is 0 Å². The molecular weight excluding hydrogens is 363 g/mol. The van der Waals surface area contributed by atoms with Crippen LogP contribution in [0.1, 0.15) is 38.5 Å². The zero-order valence-electron chi connectivity index (χ0n) is 15.3. The Morgan fingerprint density at radius 1 is 1.19 bits per heavy atom. The van der Waals surface area contributed by atoms with Crippen molar-refractivity contribution < 1.29 is 9.13 Å². The third-order valence-corrected chi connectivity index (χ3v) is 6.04. The van der Waals surface area contributed by atoms with Crippen LogP contribution in [0.5, 0.6) is 0 Å². The second-order valence-electron chi connectivity index (χ2n) is 7.10. The number of rotatable bonds is 0. The van der Waals surface area contributed by atoms with Crippen LogP contribution in [0.4, 0.5) is 21.8 Å². The molecule has 5 nitrogen and oxygen atoms in total. The first-order valence-electron chi connectivity index (χ1n) is 9.67. The van der Waals surface area contributed by atoms with Crippen LogP contribution in [0.25, 0.3) is 0 Å². The zero-order valence-corrected chi connectivity index (χ0v) is 16.1. The monoisotopic (exact) mass is 388 g/mol. The van der Waals surface area contributed by atoms with Gasteiger partial charge in [-0.15, -0.1) is 11.8 Å². The van der Waals surface area contributed by atoms with Crippen molar-refractivity contribution >= 4 is 29.2 Å². The highest BCUT2D eigenvalue weighted by Crippen LogP contribution is 2.27. The van der Waals surface area contributed by atoms with E-state index in [2.05, 4.69) is 32.7 Å². The summed E-state index contributed by atoms with van der Waals surface area (Å²) in [7, 11) is 0. The highest BCUT2D eigenvalue weighted by atomic mass is 32.2. The molecule has 0 saturated heterocycles. The molecule has 1 aromatic carbocycles. The molecule has 0 amide bonds. The summed E-state index contributed by atoms with van der Waals surface area (Å²) in [5, 5.41) is 6.46. The van der Waals surface area contributed by atoms with E-state index < -0.39 is 5.82 Å². The van der Waals surface area contributed by atoms with E-state index in [1.54, 1.807) is 0 Å². The maximum absolute atomic E-state index is 14.2. The fourth-order valence-electron chi connectivity index (χ4n) is 3.59. The lowest BCUT2D eigenvalue weighted by Gasteiger charge is -2.30. The number of hydrogen-bond donors (Lipinski definition) is 2. The number of hydrogen-bond acceptors (Lipinski definition) is 6. The number of benzene rings is 1. The van der Waals surface area contributed by atoms with Gasteiger partial charge in [0.15, 0.2) is 11.6 Å². The van der Waals surface area contributed by atoms with Gasteiger partial charge < -0.3 is 15.4 Å². The Labute approximate surface area is 163 Å². The Bertz CT molecular complexity index is 775. The van der Waals surface area contributed by atoms with Crippen LogP contribution in [-0.4, -0.2) is 34.5 Å². The average Bonchev–Trinajstić information content (AvgIpc) is 2.67. The van der Waals surface area contributed by atoms with E-state index in [0.29, 0.717) is 5.95 Å². The molecule has 2 heterocycles. The lowest BCUT2D eigenvalue weighted by molar-refractivity contribution is 0.0240. The van der Waals surface area contributed by atoms with Gasteiger partial charge >= 0.3 is 0 Å². The molecule has 144 valence electrons. The van der Waals surface area contributed by atoms with Crippen LogP contribution < -0.4 is 10.6 Å². The molecule has 1 saturated carbocycles. The molecule has 27 heavy (non-hydrogen) atoms. The first-order chi connectivity index (χ1) is 13.3. The van der Waals surface area contributed by atoms with Crippen molar-refractivity contribution in [2.75, 3.05) is 23.0 Å². The highest BCUT2D eigenvalue weighted by molar-refractivity contribution is 7.99. The third kappa shape index (κ3) is 5.11. The molecule has 0 unspecified atom stereocenters. The standard InChI is InChI=1S/C20H25FN4OS/c21-18-13-22-20-24-15-6-4-8-17(12-15)27-10-2-1-9-26-16-7-3-5-14(11-16)23-19(18)25-20/h4,6,8,12-14,16H,1-3,5,7,9-11H2,(H2,22,23,24,25)/t14-,16-/m1/s1. The van der Waals surface area contributed by atoms with Crippen molar-refractivity contribution in [3.63, 3.8) is 0 Å². The fraction of sp³-hybridized carbons (Fsp3) is 0.500. The zero-order chi connectivity index (χ0) is 18.5. The molecule has 0 spiro atoms. The summed E-state index contributed by atoms with van der Waals surface area (Å²) >= 11 is 1.84. The summed E-state index contributed by atoms with van der Waals surface area (Å²) in [6.07, 6.45) is 7.73. The smallest absolute Gasteiger partial charge is 0.229 e. The van der Waals surface area contributed by atoms with Gasteiger partial charge in [0.05, 0.1) is 12.3 Å². The minimum absolute atomic E-state index is 0.176. The number of nitrogens with one attached hydrogen (secondary N) is 2. The van der Waals surface area contributed by atoms with E-state index >= 15 is 0 Å². The number of ether oxygens (including phenoxy) is 1. The van der Waals surface area contributed by atoms with Gasteiger partial charge in [-0.3, -0.25) is 0 Å². The van der Waals surface area contributed by atoms with E-state index in [0.717, 1.165) is 56.6 Å². The highest BCUT2D eigenvalue weighted by Gasteiger charge is 2.24. The van der Waals surface area contributed by atoms with E-state index in [4.69, 9.17) is 4.74 Å². The average molecular weight is 389 g/mol. The second-order valence-corrected chi connectivity index (χ2v) is 8.27. The minimum atomic E-state index is -0.425. The summed E-state index contributed by atoms with van der Waals surface area (Å²) in [6.45, 7) is 0.797. The number of halogens is 1. The van der Waals surface area contributed by atoms with Crippen LogP contribution in [0, 0.1) is 5.82 Å². The quantitative estimate of drug-likeness (QED) is 0.663. The molecule has 6 bridgehead atoms. The third-order valence-electron chi connectivity index (χ3n) is 4.96. The molecule has 0 radical (unpaired) electrons. The molecule has 1 fully saturated rings. The van der Waals surface area contributed by atoms with Crippen molar-refractivity contribution in [1.82, 2.24) is 9.97 Å². The van der Waals surface area contributed by atoms with E-state index in [-0.39, 0.29) is 18.0 Å². The Hall–Kier alpha value is -1.86. The van der Waals surface area contributed by atoms with Gasteiger partial charge in [-0.2, -0.15) is 4.98 Å². The topological polar surface area (TPSA) is 59.1 Å². The summed E-state index contributed by atoms with van der Waals surface area (Å²) in [6, 6.07) is 8.33. The van der Waals surface area contributed by atoms with E-state index in [1.165, 1.54) is 11.1 Å². The number of thioether (sulfide) groups is 1. The molecule has 7 heteroatoms. The predicted octanol–water partition coefficient (Wildman–Crippen LogP) is 4.98. The molecule has 1 aliphatic heterocycles. The summed E-state index contributed by atoms with van der Waals surface area (Å²) in [5.74, 6) is 1.30. The van der Waals surface area contributed by atoms with Crippen molar-refractivity contribution in [3.8, 4) is 0 Å². The molecule has 2 aromatic rings. The van der Waals surface area contributed by atoms with Crippen LogP contribution in [0.3, 0.4) is 0 Å². The number of fused-ring (bicyclic) bond motifs is 6. The van der Waals surface area contributed by atoms with Gasteiger partial charge in [-0.1, -0.05) is 6.07 Å². The Morgan fingerprint density at radius 2 is 2.15 bits per heavy atom. The van der Waals surface area contributed by atoms with Crippen LogP contribution >= 0.6 is 11.8 Å². The summed E-state index contributed by atoms with van der Waals surface area (Å²) in [5.41, 5.74) is 0.905. The van der Waals surface area contributed by atoms with Crippen molar-refractivity contribution in [3.05, 3.63) is 36.3 Å². The number of anilines is 3. The number of nitrogens with zero attached hydrogens (tertiary/aromatic N) is 2. The van der Waals surface area contributed by atoms with Crippen molar-refractivity contribution in [2.24, 2.45) is 0 Å². The Kier molecular flexibility index (Phi) is 6.09. The summed E-state index contributed by atoms with van der Waals surface area (Å²) in [4.78, 5) is 9.65. The molecule has 2 aliphatic rings. The van der Waals surface area contributed by atoms with Gasteiger partial charge in [0, 0.05) is 23.2 Å². The van der Waals surface area contributed by atoms with Crippen LogP contribution in [0.15, 0.2) is 35.4 Å². The first-order valence-corrected chi connectivity index (χ1v) is 10.7. The number of aromatic nitrogens is 2. The molecule has 2 N–H and O–H groups in total. The second kappa shape index (κ2) is 8.89. The Morgan fingerprint density at radius 3 is 3.11 bits per heavy atom. The van der Waals surface area contributed by atoms with Crippen molar-refractivity contribution in [2.45, 2.75) is 55.6 Å². The largest absolute Gasteiger partial charge is 0.378 e. The predicted molar refractivity (Wildman–Crippen MR) is 107 cm³/mol. The van der Waals surface area contributed by atoms with Gasteiger partial charge in [-0.05, 0) is 62.5 Å². The molecular formula is C20H25FN4OS. The van der Waals surface area contributed by atoms with Gasteiger partial charge in [0.1, 0.15) is 0 Å². The molecule has 4 rings (SSSR count). The van der Waals surface area contributed by atoms with Gasteiger partial charge in [0.2, 0.25) is 5.95 Å². The Balaban J connectivity index is 1.57. The SMILES string of the molecule is Fc1cnc2nc1N[C@@H]1CCC[C@H](C1)OCCCCSc1cccc(c1)N2.